The molecule has 2 nitrogen and oxygen atoms in total. The molecule has 3 aromatic rings. The topological polar surface area (TPSA) is 30.2 Å². The molecule has 0 aliphatic heterocycles. The van der Waals surface area contributed by atoms with Crippen LogP contribution in [0.1, 0.15) is 0 Å². The van der Waals surface area contributed by atoms with Gasteiger partial charge in [-0.1, -0.05) is 24.3 Å². The van der Waals surface area contributed by atoms with Crippen molar-refractivity contribution in [1.82, 2.24) is 0 Å². The van der Waals surface area contributed by atoms with Gasteiger partial charge in [-0.2, -0.15) is 0 Å². The van der Waals surface area contributed by atoms with Crippen molar-refractivity contribution in [2.45, 2.75) is 0 Å². The monoisotopic (exact) mass is 228 g/mol. The van der Waals surface area contributed by atoms with Crippen LogP contribution in [0.5, 0.6) is 0 Å². The SMILES string of the molecule is O=c1c2ccccc2oc2ccccc12.[SiH4]. The summed E-state index contributed by atoms with van der Waals surface area (Å²) in [5, 5.41) is 1.27. The van der Waals surface area contributed by atoms with E-state index in [0.717, 1.165) is 0 Å². The van der Waals surface area contributed by atoms with Crippen molar-refractivity contribution in [2.24, 2.45) is 0 Å². The second-order valence-corrected chi connectivity index (χ2v) is 3.42. The van der Waals surface area contributed by atoms with Gasteiger partial charge in [0, 0.05) is 0 Å². The predicted octanol–water partition coefficient (Wildman–Crippen LogP) is 1.49. The molecule has 16 heavy (non-hydrogen) atoms. The van der Waals surface area contributed by atoms with Gasteiger partial charge in [-0.05, 0) is 35.2 Å². The minimum Gasteiger partial charge on any atom is -0.456 e. The van der Waals surface area contributed by atoms with Crippen LogP contribution in [0, 0.1) is 0 Å². The van der Waals surface area contributed by atoms with E-state index in [-0.39, 0.29) is 16.4 Å². The molecular weight excluding hydrogens is 216 g/mol. The van der Waals surface area contributed by atoms with Crippen LogP contribution in [-0.4, -0.2) is 11.0 Å². The Hall–Kier alpha value is -1.87. The van der Waals surface area contributed by atoms with E-state index in [9.17, 15) is 4.79 Å². The molecule has 0 N–H and O–H groups in total. The Labute approximate surface area is 96.5 Å². The maximum atomic E-state index is 12.0. The van der Waals surface area contributed by atoms with Crippen molar-refractivity contribution in [2.75, 3.05) is 0 Å². The summed E-state index contributed by atoms with van der Waals surface area (Å²) >= 11 is 0. The minimum atomic E-state index is 0. The lowest BCUT2D eigenvalue weighted by molar-refractivity contribution is 0.660. The number of hydrogen-bond acceptors (Lipinski definition) is 2. The Morgan fingerprint density at radius 2 is 1.19 bits per heavy atom. The van der Waals surface area contributed by atoms with Crippen molar-refractivity contribution < 1.29 is 4.42 Å². The number of benzene rings is 2. The highest BCUT2D eigenvalue weighted by Crippen LogP contribution is 2.17. The van der Waals surface area contributed by atoms with Gasteiger partial charge in [-0.3, -0.25) is 4.79 Å². The fourth-order valence-electron chi connectivity index (χ4n) is 1.75. The normalized spacial score (nSPS) is 10.2. The van der Waals surface area contributed by atoms with Crippen LogP contribution in [0.25, 0.3) is 21.9 Å². The summed E-state index contributed by atoms with van der Waals surface area (Å²) < 4.78 is 5.63. The highest BCUT2D eigenvalue weighted by Gasteiger charge is 2.04. The van der Waals surface area contributed by atoms with Gasteiger partial charge in [0.05, 0.1) is 10.8 Å². The summed E-state index contributed by atoms with van der Waals surface area (Å²) in [6.07, 6.45) is 0. The number of rotatable bonds is 0. The summed E-state index contributed by atoms with van der Waals surface area (Å²) in [6.45, 7) is 0. The molecular formula is C13H12O2Si. The van der Waals surface area contributed by atoms with Gasteiger partial charge in [0.2, 0.25) is 5.43 Å². The molecule has 0 unspecified atom stereocenters. The van der Waals surface area contributed by atoms with Gasteiger partial charge in [-0.25, -0.2) is 0 Å². The molecule has 0 saturated carbocycles. The lowest BCUT2D eigenvalue weighted by Gasteiger charge is -1.99. The van der Waals surface area contributed by atoms with E-state index in [1.807, 2.05) is 36.4 Å². The Kier molecular flexibility index (Phi) is 2.62. The van der Waals surface area contributed by atoms with Gasteiger partial charge in [0.15, 0.2) is 0 Å². The zero-order valence-electron chi connectivity index (χ0n) is 7.94. The Balaban J connectivity index is 0.000000963. The molecule has 0 atom stereocenters. The van der Waals surface area contributed by atoms with E-state index in [4.69, 9.17) is 4.42 Å². The Bertz CT molecular complexity index is 644. The quantitative estimate of drug-likeness (QED) is 0.431. The second kappa shape index (κ2) is 3.94. The third-order valence-electron chi connectivity index (χ3n) is 2.48. The molecule has 0 radical (unpaired) electrons. The molecule has 0 aliphatic carbocycles. The van der Waals surface area contributed by atoms with Crippen molar-refractivity contribution in [1.29, 1.82) is 0 Å². The largest absolute Gasteiger partial charge is 0.456 e. The zero-order chi connectivity index (χ0) is 10.3. The van der Waals surface area contributed by atoms with Gasteiger partial charge in [0.1, 0.15) is 11.2 Å². The number of fused-ring (bicyclic) bond motifs is 2. The van der Waals surface area contributed by atoms with Crippen LogP contribution < -0.4 is 5.43 Å². The zero-order valence-corrected chi connectivity index (χ0v) is 7.94. The van der Waals surface area contributed by atoms with Crippen LogP contribution >= 0.6 is 0 Å². The van der Waals surface area contributed by atoms with E-state index in [2.05, 4.69) is 0 Å². The summed E-state index contributed by atoms with van der Waals surface area (Å²) in [5.41, 5.74) is 1.31. The third kappa shape index (κ3) is 1.45. The average molecular weight is 228 g/mol. The maximum Gasteiger partial charge on any atom is 0.200 e. The van der Waals surface area contributed by atoms with Crippen LogP contribution in [0.2, 0.25) is 0 Å². The minimum absolute atomic E-state index is 0. The van der Waals surface area contributed by atoms with E-state index in [0.29, 0.717) is 21.9 Å². The van der Waals surface area contributed by atoms with Crippen LogP contribution in [0.15, 0.2) is 57.7 Å². The van der Waals surface area contributed by atoms with Crippen LogP contribution in [-0.2, 0) is 0 Å². The number of para-hydroxylation sites is 2. The first-order chi connectivity index (χ1) is 7.36. The standard InChI is InChI=1S/C13H8O2.H4Si/c14-13-9-5-1-3-7-11(9)15-12-8-4-2-6-10(12)13;/h1-8H;1H4. The number of hydrogen-bond donors (Lipinski definition) is 0. The van der Waals surface area contributed by atoms with E-state index >= 15 is 0 Å². The van der Waals surface area contributed by atoms with Crippen LogP contribution in [0.4, 0.5) is 0 Å². The van der Waals surface area contributed by atoms with Gasteiger partial charge in [0.25, 0.3) is 0 Å². The summed E-state index contributed by atoms with van der Waals surface area (Å²) in [5.74, 6) is 0. The lowest BCUT2D eigenvalue weighted by atomic mass is 10.1. The smallest absolute Gasteiger partial charge is 0.200 e. The van der Waals surface area contributed by atoms with E-state index in [1.165, 1.54) is 0 Å². The summed E-state index contributed by atoms with van der Waals surface area (Å²) in [4.78, 5) is 12.0. The molecule has 0 spiro atoms. The molecule has 0 amide bonds. The first kappa shape index (κ1) is 10.6. The Morgan fingerprint density at radius 1 is 0.750 bits per heavy atom. The molecule has 3 heteroatoms. The lowest BCUT2D eigenvalue weighted by Crippen LogP contribution is -2.01. The maximum absolute atomic E-state index is 12.0. The first-order valence-electron chi connectivity index (χ1n) is 4.77. The first-order valence-corrected chi connectivity index (χ1v) is 4.77. The highest BCUT2D eigenvalue weighted by atomic mass is 28.1. The average Bonchev–Trinajstić information content (AvgIpc) is 2.30. The van der Waals surface area contributed by atoms with Gasteiger partial charge in [-0.15, -0.1) is 0 Å². The predicted molar refractivity (Wildman–Crippen MR) is 71.3 cm³/mol. The molecule has 1 aromatic heterocycles. The van der Waals surface area contributed by atoms with Crippen molar-refractivity contribution in [3.8, 4) is 0 Å². The van der Waals surface area contributed by atoms with Crippen molar-refractivity contribution in [3.05, 3.63) is 58.8 Å². The van der Waals surface area contributed by atoms with Gasteiger partial charge < -0.3 is 4.42 Å². The fourth-order valence-corrected chi connectivity index (χ4v) is 1.75. The fraction of sp³-hybridized carbons (Fsp3) is 0. The van der Waals surface area contributed by atoms with Crippen molar-refractivity contribution in [3.63, 3.8) is 0 Å². The molecule has 2 aromatic carbocycles. The molecule has 3 rings (SSSR count). The molecule has 80 valence electrons. The second-order valence-electron chi connectivity index (χ2n) is 3.42. The molecule has 0 aliphatic rings. The van der Waals surface area contributed by atoms with E-state index < -0.39 is 0 Å². The Morgan fingerprint density at radius 3 is 1.69 bits per heavy atom. The van der Waals surface area contributed by atoms with E-state index in [1.54, 1.807) is 12.1 Å². The van der Waals surface area contributed by atoms with Crippen LogP contribution in [0.3, 0.4) is 0 Å². The molecule has 0 saturated heterocycles. The summed E-state index contributed by atoms with van der Waals surface area (Å²) in [7, 11) is 0. The summed E-state index contributed by atoms with van der Waals surface area (Å²) in [6, 6.07) is 14.6. The molecule has 0 fully saturated rings. The molecule has 1 heterocycles. The van der Waals surface area contributed by atoms with Crippen molar-refractivity contribution >= 4 is 32.9 Å². The third-order valence-corrected chi connectivity index (χ3v) is 2.48. The molecule has 0 bridgehead atoms. The van der Waals surface area contributed by atoms with Gasteiger partial charge >= 0.3 is 0 Å². The highest BCUT2D eigenvalue weighted by molar-refractivity contribution is 5.89.